The molecule has 0 saturated heterocycles. The van der Waals surface area contributed by atoms with Crippen LogP contribution >= 0.6 is 0 Å². The molecule has 0 heterocycles. The maximum absolute atomic E-state index is 3.71. The second-order valence-corrected chi connectivity index (χ2v) is 4.71. The first-order valence-electron chi connectivity index (χ1n) is 4.80. The van der Waals surface area contributed by atoms with E-state index in [2.05, 4.69) is 39.6 Å². The third-order valence-corrected chi connectivity index (χ3v) is 1.78. The van der Waals surface area contributed by atoms with Crippen molar-refractivity contribution in [1.82, 2.24) is 5.32 Å². The summed E-state index contributed by atoms with van der Waals surface area (Å²) in [5.74, 6) is 0. The largest absolute Gasteiger partial charge is 0.314 e. The Balaban J connectivity index is 3.43. The predicted octanol–water partition coefficient (Wildman–Crippen LogP) is 2.98. The Kier molecular flexibility index (Phi) is 5.23. The molecule has 0 rings (SSSR count). The van der Waals surface area contributed by atoms with E-state index in [0.717, 1.165) is 13.0 Å². The van der Waals surface area contributed by atoms with E-state index in [0.29, 0.717) is 11.5 Å². The van der Waals surface area contributed by atoms with E-state index in [1.165, 1.54) is 6.42 Å². The minimum atomic E-state index is 0.391. The van der Waals surface area contributed by atoms with Crippen LogP contribution in [0, 0.1) is 5.41 Å². The molecular weight excluding hydrogens is 146 g/mol. The molecular formula is C11H23N. The van der Waals surface area contributed by atoms with Gasteiger partial charge in [0.1, 0.15) is 0 Å². The molecule has 0 aliphatic carbocycles. The van der Waals surface area contributed by atoms with Crippen LogP contribution in [0.2, 0.25) is 0 Å². The van der Waals surface area contributed by atoms with E-state index < -0.39 is 0 Å². The Morgan fingerprint density at radius 1 is 1.42 bits per heavy atom. The van der Waals surface area contributed by atoms with Gasteiger partial charge in [-0.05, 0) is 25.2 Å². The zero-order valence-electron chi connectivity index (χ0n) is 8.98. The highest BCUT2D eigenvalue weighted by atomic mass is 14.9. The van der Waals surface area contributed by atoms with E-state index in [4.69, 9.17) is 0 Å². The van der Waals surface area contributed by atoms with Crippen LogP contribution in [0.1, 0.15) is 40.5 Å². The lowest BCUT2D eigenvalue weighted by molar-refractivity contribution is 0.351. The lowest BCUT2D eigenvalue weighted by atomic mass is 9.96. The normalized spacial score (nSPS) is 14.3. The van der Waals surface area contributed by atoms with Crippen molar-refractivity contribution in [2.45, 2.75) is 46.6 Å². The maximum Gasteiger partial charge on any atom is 0.00418 e. The van der Waals surface area contributed by atoms with Crippen molar-refractivity contribution in [3.8, 4) is 0 Å². The molecule has 1 heteroatoms. The van der Waals surface area contributed by atoms with E-state index in [9.17, 15) is 0 Å². The SMILES string of the molecule is C=CCCC(C)NCC(C)(C)C. The second kappa shape index (κ2) is 5.36. The molecule has 1 unspecified atom stereocenters. The van der Waals surface area contributed by atoms with Gasteiger partial charge < -0.3 is 5.32 Å². The van der Waals surface area contributed by atoms with Crippen molar-refractivity contribution in [1.29, 1.82) is 0 Å². The molecule has 0 aromatic carbocycles. The number of hydrogen-bond donors (Lipinski definition) is 1. The predicted molar refractivity (Wildman–Crippen MR) is 56.4 cm³/mol. The molecule has 1 N–H and O–H groups in total. The molecule has 72 valence electrons. The summed E-state index contributed by atoms with van der Waals surface area (Å²) in [6.07, 6.45) is 4.28. The van der Waals surface area contributed by atoms with Crippen molar-refractivity contribution >= 4 is 0 Å². The Labute approximate surface area is 77.2 Å². The first-order chi connectivity index (χ1) is 5.45. The zero-order chi connectivity index (χ0) is 9.61. The molecule has 1 atom stereocenters. The van der Waals surface area contributed by atoms with Gasteiger partial charge in [-0.15, -0.1) is 6.58 Å². The molecule has 0 saturated carbocycles. The highest BCUT2D eigenvalue weighted by Crippen LogP contribution is 2.11. The van der Waals surface area contributed by atoms with Crippen molar-refractivity contribution in [3.05, 3.63) is 12.7 Å². The lowest BCUT2D eigenvalue weighted by Crippen LogP contribution is -2.33. The number of allylic oxidation sites excluding steroid dienone is 1. The van der Waals surface area contributed by atoms with Gasteiger partial charge in [0.2, 0.25) is 0 Å². The van der Waals surface area contributed by atoms with Gasteiger partial charge in [0.05, 0.1) is 0 Å². The fourth-order valence-corrected chi connectivity index (χ4v) is 0.950. The highest BCUT2D eigenvalue weighted by Gasteiger charge is 2.10. The molecule has 0 fully saturated rings. The molecule has 0 amide bonds. The van der Waals surface area contributed by atoms with Gasteiger partial charge in [0, 0.05) is 12.6 Å². The van der Waals surface area contributed by atoms with Crippen LogP contribution in [0.15, 0.2) is 12.7 Å². The average molecular weight is 169 g/mol. The van der Waals surface area contributed by atoms with Gasteiger partial charge in [-0.3, -0.25) is 0 Å². The summed E-state index contributed by atoms with van der Waals surface area (Å²) in [5, 5.41) is 3.51. The summed E-state index contributed by atoms with van der Waals surface area (Å²) < 4.78 is 0. The van der Waals surface area contributed by atoms with Crippen molar-refractivity contribution in [3.63, 3.8) is 0 Å². The van der Waals surface area contributed by atoms with Crippen molar-refractivity contribution in [2.24, 2.45) is 5.41 Å². The lowest BCUT2D eigenvalue weighted by Gasteiger charge is -2.22. The summed E-state index contributed by atoms with van der Waals surface area (Å²) in [7, 11) is 0. The Morgan fingerprint density at radius 2 is 2.00 bits per heavy atom. The summed E-state index contributed by atoms with van der Waals surface area (Å²) in [5.41, 5.74) is 0.391. The minimum absolute atomic E-state index is 0.391. The summed E-state index contributed by atoms with van der Waals surface area (Å²) in [4.78, 5) is 0. The third kappa shape index (κ3) is 7.80. The number of nitrogens with one attached hydrogen (secondary N) is 1. The molecule has 0 bridgehead atoms. The van der Waals surface area contributed by atoms with Gasteiger partial charge >= 0.3 is 0 Å². The monoisotopic (exact) mass is 169 g/mol. The average Bonchev–Trinajstić information content (AvgIpc) is 1.95. The molecule has 0 aliphatic rings. The van der Waals surface area contributed by atoms with E-state index >= 15 is 0 Å². The van der Waals surface area contributed by atoms with Gasteiger partial charge in [-0.1, -0.05) is 26.8 Å². The van der Waals surface area contributed by atoms with Crippen molar-refractivity contribution < 1.29 is 0 Å². The van der Waals surface area contributed by atoms with Crippen LogP contribution in [0.5, 0.6) is 0 Å². The summed E-state index contributed by atoms with van der Waals surface area (Å²) >= 11 is 0. The van der Waals surface area contributed by atoms with E-state index in [1.807, 2.05) is 6.08 Å². The maximum atomic E-state index is 3.71. The quantitative estimate of drug-likeness (QED) is 0.624. The van der Waals surface area contributed by atoms with Gasteiger partial charge in [0.25, 0.3) is 0 Å². The van der Waals surface area contributed by atoms with Crippen LogP contribution in [-0.2, 0) is 0 Å². The van der Waals surface area contributed by atoms with E-state index in [-0.39, 0.29) is 0 Å². The number of hydrogen-bond acceptors (Lipinski definition) is 1. The molecule has 1 nitrogen and oxygen atoms in total. The second-order valence-electron chi connectivity index (χ2n) is 4.71. The van der Waals surface area contributed by atoms with Crippen molar-refractivity contribution in [2.75, 3.05) is 6.54 Å². The van der Waals surface area contributed by atoms with Crippen LogP contribution in [0.25, 0.3) is 0 Å². The van der Waals surface area contributed by atoms with E-state index in [1.54, 1.807) is 0 Å². The Bertz CT molecular complexity index is 121. The first kappa shape index (κ1) is 11.7. The Hall–Kier alpha value is -0.300. The topological polar surface area (TPSA) is 12.0 Å². The van der Waals surface area contributed by atoms with Crippen LogP contribution < -0.4 is 5.32 Å². The zero-order valence-corrected chi connectivity index (χ0v) is 8.98. The molecule has 0 aromatic heterocycles. The fraction of sp³-hybridized carbons (Fsp3) is 0.818. The fourth-order valence-electron chi connectivity index (χ4n) is 0.950. The third-order valence-electron chi connectivity index (χ3n) is 1.78. The van der Waals surface area contributed by atoms with Crippen LogP contribution in [0.3, 0.4) is 0 Å². The first-order valence-corrected chi connectivity index (χ1v) is 4.80. The summed E-state index contributed by atoms with van der Waals surface area (Å²) in [6.45, 7) is 13.8. The molecule has 0 spiro atoms. The van der Waals surface area contributed by atoms with Gasteiger partial charge in [0.15, 0.2) is 0 Å². The smallest absolute Gasteiger partial charge is 0.00418 e. The molecule has 0 aliphatic heterocycles. The highest BCUT2D eigenvalue weighted by molar-refractivity contribution is 4.73. The molecule has 0 radical (unpaired) electrons. The van der Waals surface area contributed by atoms with Gasteiger partial charge in [-0.25, -0.2) is 0 Å². The van der Waals surface area contributed by atoms with Crippen LogP contribution in [0.4, 0.5) is 0 Å². The standard InChI is InChI=1S/C11H23N/c1-6-7-8-10(2)12-9-11(3,4)5/h6,10,12H,1,7-9H2,2-5H3. The minimum Gasteiger partial charge on any atom is -0.314 e. The summed E-state index contributed by atoms with van der Waals surface area (Å²) in [6, 6.07) is 0.613. The van der Waals surface area contributed by atoms with Crippen LogP contribution in [-0.4, -0.2) is 12.6 Å². The molecule has 0 aromatic rings. The number of rotatable bonds is 5. The molecule has 12 heavy (non-hydrogen) atoms. The van der Waals surface area contributed by atoms with Gasteiger partial charge in [-0.2, -0.15) is 0 Å². The Morgan fingerprint density at radius 3 is 2.42 bits per heavy atom.